The average Bonchev–Trinajstić information content (AvgIpc) is 2.07. The molecule has 0 aromatic carbocycles. The summed E-state index contributed by atoms with van der Waals surface area (Å²) in [5.74, 6) is 0. The Morgan fingerprint density at radius 3 is 2.20 bits per heavy atom. The van der Waals surface area contributed by atoms with Crippen LogP contribution in [0.4, 0.5) is 13.2 Å². The predicted molar refractivity (Wildman–Crippen MR) is 52.6 cm³/mol. The highest BCUT2D eigenvalue weighted by Crippen LogP contribution is 2.50. The second-order valence-corrected chi connectivity index (χ2v) is 4.86. The number of rotatable bonds is 4. The third-order valence-corrected chi connectivity index (χ3v) is 3.17. The van der Waals surface area contributed by atoms with E-state index in [9.17, 15) is 13.2 Å². The Morgan fingerprint density at radius 2 is 1.80 bits per heavy atom. The quantitative estimate of drug-likeness (QED) is 0.657. The van der Waals surface area contributed by atoms with Crippen LogP contribution in [0.3, 0.4) is 0 Å². The van der Waals surface area contributed by atoms with Crippen LogP contribution in [0.2, 0.25) is 0 Å². The Bertz CT molecular complexity index is 210. The smallest absolute Gasteiger partial charge is 0.364 e. The van der Waals surface area contributed by atoms with Crippen LogP contribution in [0.5, 0.6) is 0 Å². The van der Waals surface area contributed by atoms with Crippen LogP contribution >= 0.6 is 0 Å². The molecule has 1 rings (SSSR count). The molecule has 90 valence electrons. The van der Waals surface area contributed by atoms with E-state index in [0.29, 0.717) is 0 Å². The first-order valence-electron chi connectivity index (χ1n) is 5.52. The summed E-state index contributed by atoms with van der Waals surface area (Å²) in [6.07, 6.45) is -2.18. The number of halogens is 3. The molecule has 2 atom stereocenters. The molecule has 2 unspecified atom stereocenters. The van der Waals surface area contributed by atoms with Gasteiger partial charge in [0, 0.05) is 5.41 Å². The molecular formula is C11H19F3O. The number of unbranched alkanes of at least 4 members (excludes halogenated alkanes) is 2. The number of ether oxygens (including phenoxy) is 1. The summed E-state index contributed by atoms with van der Waals surface area (Å²) < 4.78 is 42.2. The molecule has 0 bridgehead atoms. The molecule has 1 heterocycles. The van der Waals surface area contributed by atoms with Crippen molar-refractivity contribution in [1.29, 1.82) is 0 Å². The van der Waals surface area contributed by atoms with Crippen molar-refractivity contribution in [3.8, 4) is 0 Å². The summed E-state index contributed by atoms with van der Waals surface area (Å²) in [4.78, 5) is 0. The van der Waals surface area contributed by atoms with Gasteiger partial charge in [-0.15, -0.1) is 0 Å². The maximum absolute atomic E-state index is 12.4. The minimum Gasteiger partial charge on any atom is -0.364 e. The van der Waals surface area contributed by atoms with Crippen LogP contribution in [0.15, 0.2) is 0 Å². The van der Waals surface area contributed by atoms with Gasteiger partial charge >= 0.3 is 6.18 Å². The minimum absolute atomic E-state index is 0.226. The van der Waals surface area contributed by atoms with Gasteiger partial charge in [-0.05, 0) is 6.42 Å². The third kappa shape index (κ3) is 2.65. The van der Waals surface area contributed by atoms with Gasteiger partial charge in [-0.1, -0.05) is 40.0 Å². The molecule has 0 aromatic heterocycles. The largest absolute Gasteiger partial charge is 0.415 e. The second-order valence-electron chi connectivity index (χ2n) is 4.86. The lowest BCUT2D eigenvalue weighted by molar-refractivity contribution is -0.349. The van der Waals surface area contributed by atoms with E-state index in [4.69, 9.17) is 4.74 Å². The Balaban J connectivity index is 2.42. The van der Waals surface area contributed by atoms with Crippen LogP contribution in [0.1, 0.15) is 46.5 Å². The molecule has 4 heteroatoms. The van der Waals surface area contributed by atoms with Crippen molar-refractivity contribution in [2.45, 2.75) is 64.8 Å². The molecule has 1 nitrogen and oxygen atoms in total. The van der Waals surface area contributed by atoms with E-state index in [2.05, 4.69) is 6.92 Å². The second kappa shape index (κ2) is 4.32. The molecule has 1 fully saturated rings. The van der Waals surface area contributed by atoms with Crippen LogP contribution in [0, 0.1) is 5.41 Å². The fourth-order valence-corrected chi connectivity index (χ4v) is 2.13. The van der Waals surface area contributed by atoms with Crippen LogP contribution in [0.25, 0.3) is 0 Å². The van der Waals surface area contributed by atoms with Crippen molar-refractivity contribution in [2.75, 3.05) is 0 Å². The zero-order valence-electron chi connectivity index (χ0n) is 9.53. The minimum atomic E-state index is -4.22. The molecule has 0 N–H and O–H groups in total. The Morgan fingerprint density at radius 1 is 1.20 bits per heavy atom. The summed E-state index contributed by atoms with van der Waals surface area (Å²) in [5.41, 5.74) is -0.758. The highest BCUT2D eigenvalue weighted by atomic mass is 19.4. The lowest BCUT2D eigenvalue weighted by Gasteiger charge is -2.52. The van der Waals surface area contributed by atoms with E-state index >= 15 is 0 Å². The van der Waals surface area contributed by atoms with Crippen molar-refractivity contribution in [2.24, 2.45) is 5.41 Å². The van der Waals surface area contributed by atoms with Crippen molar-refractivity contribution in [1.82, 2.24) is 0 Å². The summed E-state index contributed by atoms with van der Waals surface area (Å²) in [6.45, 7) is 5.36. The normalized spacial score (nSPS) is 30.0. The van der Waals surface area contributed by atoms with E-state index in [1.54, 1.807) is 13.8 Å². The first kappa shape index (κ1) is 12.8. The van der Waals surface area contributed by atoms with Crippen LogP contribution in [-0.4, -0.2) is 18.4 Å². The van der Waals surface area contributed by atoms with Gasteiger partial charge in [0.2, 0.25) is 0 Å². The van der Waals surface area contributed by atoms with Crippen molar-refractivity contribution in [3.63, 3.8) is 0 Å². The average molecular weight is 224 g/mol. The molecule has 15 heavy (non-hydrogen) atoms. The molecule has 0 aromatic rings. The molecule has 1 aliphatic rings. The van der Waals surface area contributed by atoms with Gasteiger partial charge in [0.25, 0.3) is 0 Å². The summed E-state index contributed by atoms with van der Waals surface area (Å²) >= 11 is 0. The Hall–Kier alpha value is -0.250. The summed E-state index contributed by atoms with van der Waals surface area (Å²) in [6, 6.07) is 0. The van der Waals surface area contributed by atoms with Gasteiger partial charge in [0.15, 0.2) is 6.10 Å². The topological polar surface area (TPSA) is 9.23 Å². The lowest BCUT2D eigenvalue weighted by atomic mass is 9.73. The molecule has 0 radical (unpaired) electrons. The standard InChI is InChI=1S/C11H19F3O/c1-4-5-6-7-8-10(2,3)9(15-8)11(12,13)14/h8-9H,4-7H2,1-3H3. The molecule has 1 saturated heterocycles. The van der Waals surface area contributed by atoms with Gasteiger partial charge < -0.3 is 4.74 Å². The van der Waals surface area contributed by atoms with E-state index in [-0.39, 0.29) is 6.10 Å². The fourth-order valence-electron chi connectivity index (χ4n) is 2.13. The molecule has 0 amide bonds. The van der Waals surface area contributed by atoms with E-state index in [0.717, 1.165) is 25.7 Å². The maximum Gasteiger partial charge on any atom is 0.415 e. The molecule has 0 saturated carbocycles. The monoisotopic (exact) mass is 224 g/mol. The van der Waals surface area contributed by atoms with Gasteiger partial charge in [0.05, 0.1) is 6.10 Å². The number of alkyl halides is 3. The number of hydrogen-bond donors (Lipinski definition) is 0. The van der Waals surface area contributed by atoms with E-state index in [1.165, 1.54) is 0 Å². The first-order chi connectivity index (χ1) is 6.80. The van der Waals surface area contributed by atoms with Gasteiger partial charge in [-0.2, -0.15) is 13.2 Å². The zero-order valence-corrected chi connectivity index (χ0v) is 9.53. The Kier molecular flexibility index (Phi) is 3.69. The highest BCUT2D eigenvalue weighted by Gasteiger charge is 2.61. The van der Waals surface area contributed by atoms with E-state index in [1.807, 2.05) is 0 Å². The molecule has 0 aliphatic carbocycles. The highest BCUT2D eigenvalue weighted by molar-refractivity contribution is 4.99. The summed E-state index contributed by atoms with van der Waals surface area (Å²) in [5, 5.41) is 0. The zero-order chi connectivity index (χ0) is 11.7. The van der Waals surface area contributed by atoms with Crippen LogP contribution in [-0.2, 0) is 4.74 Å². The van der Waals surface area contributed by atoms with Gasteiger partial charge in [-0.25, -0.2) is 0 Å². The summed E-state index contributed by atoms with van der Waals surface area (Å²) in [7, 11) is 0. The fraction of sp³-hybridized carbons (Fsp3) is 1.00. The molecular weight excluding hydrogens is 205 g/mol. The van der Waals surface area contributed by atoms with Gasteiger partial charge in [-0.3, -0.25) is 0 Å². The number of hydrogen-bond acceptors (Lipinski definition) is 1. The maximum atomic E-state index is 12.4. The van der Waals surface area contributed by atoms with Gasteiger partial charge in [0.1, 0.15) is 0 Å². The third-order valence-electron chi connectivity index (χ3n) is 3.17. The van der Waals surface area contributed by atoms with Crippen molar-refractivity contribution >= 4 is 0 Å². The van der Waals surface area contributed by atoms with E-state index < -0.39 is 17.7 Å². The van der Waals surface area contributed by atoms with Crippen molar-refractivity contribution < 1.29 is 17.9 Å². The predicted octanol–water partition coefficient (Wildman–Crippen LogP) is 3.92. The van der Waals surface area contributed by atoms with Crippen LogP contribution < -0.4 is 0 Å². The lowest BCUT2D eigenvalue weighted by Crippen LogP contribution is -2.62. The Labute approximate surface area is 89.0 Å². The van der Waals surface area contributed by atoms with Crippen molar-refractivity contribution in [3.05, 3.63) is 0 Å². The molecule has 1 aliphatic heterocycles. The molecule has 0 spiro atoms. The first-order valence-corrected chi connectivity index (χ1v) is 5.52. The SMILES string of the molecule is CCCCCC1OC(C(F)(F)F)C1(C)C.